The fourth-order valence-corrected chi connectivity index (χ4v) is 1.85. The van der Waals surface area contributed by atoms with Crippen LogP contribution < -0.4 is 0 Å². The monoisotopic (exact) mass is 262 g/mol. The smallest absolute Gasteiger partial charge is 0.282 e. The largest absolute Gasteiger partial charge is 0.331 e. The summed E-state index contributed by atoms with van der Waals surface area (Å²) in [5.74, 6) is -0.830. The van der Waals surface area contributed by atoms with E-state index < -0.39 is 5.97 Å². The van der Waals surface area contributed by atoms with E-state index in [1.807, 2.05) is 13.8 Å². The molecule has 0 N–H and O–H groups in total. The lowest BCUT2D eigenvalue weighted by Crippen LogP contribution is -2.35. The number of methoxy groups -OCH3 is 3. The van der Waals surface area contributed by atoms with Gasteiger partial charge in [0.2, 0.25) is 0 Å². The molecule has 0 spiro atoms. The zero-order chi connectivity index (χ0) is 14.3. The van der Waals surface area contributed by atoms with E-state index in [-0.39, 0.29) is 0 Å². The van der Waals surface area contributed by atoms with Crippen molar-refractivity contribution in [3.63, 3.8) is 0 Å². The fourth-order valence-electron chi connectivity index (χ4n) is 1.85. The average molecular weight is 262 g/mol. The molecule has 18 heavy (non-hydrogen) atoms. The van der Waals surface area contributed by atoms with Crippen LogP contribution >= 0.6 is 0 Å². The van der Waals surface area contributed by atoms with E-state index in [1.165, 1.54) is 38.5 Å². The van der Waals surface area contributed by atoms with Crippen LogP contribution in [0.25, 0.3) is 0 Å². The molecule has 0 radical (unpaired) electrons. The Hall–Kier alpha value is -0.120. The molecule has 0 saturated heterocycles. The Balaban J connectivity index is 0. The van der Waals surface area contributed by atoms with Crippen molar-refractivity contribution < 1.29 is 14.2 Å². The first-order valence-electron chi connectivity index (χ1n) is 7.40. The second-order valence-electron chi connectivity index (χ2n) is 4.17. The quantitative estimate of drug-likeness (QED) is 0.397. The Kier molecular flexibility index (Phi) is 16.8. The number of hydrogen-bond donors (Lipinski definition) is 0. The maximum Gasteiger partial charge on any atom is 0.282 e. The van der Waals surface area contributed by atoms with Gasteiger partial charge in [-0.15, -0.1) is 0 Å². The fraction of sp³-hybridized carbons (Fsp3) is 1.00. The van der Waals surface area contributed by atoms with Crippen molar-refractivity contribution in [2.45, 2.75) is 78.1 Å². The topological polar surface area (TPSA) is 27.7 Å². The van der Waals surface area contributed by atoms with Gasteiger partial charge in [0.15, 0.2) is 0 Å². The van der Waals surface area contributed by atoms with E-state index in [1.54, 1.807) is 21.3 Å². The Morgan fingerprint density at radius 2 is 1.06 bits per heavy atom. The average Bonchev–Trinajstić information content (AvgIpc) is 2.45. The summed E-state index contributed by atoms with van der Waals surface area (Å²) < 4.78 is 15.7. The van der Waals surface area contributed by atoms with Gasteiger partial charge in [0, 0.05) is 27.8 Å². The summed E-state index contributed by atoms with van der Waals surface area (Å²) in [5, 5.41) is 0. The summed E-state index contributed by atoms with van der Waals surface area (Å²) in [6.45, 7) is 6.24. The van der Waals surface area contributed by atoms with Gasteiger partial charge in [-0.2, -0.15) is 0 Å². The molecule has 3 heteroatoms. The Morgan fingerprint density at radius 3 is 1.44 bits per heavy atom. The number of hydrogen-bond acceptors (Lipinski definition) is 3. The first-order valence-corrected chi connectivity index (χ1v) is 7.40. The lowest BCUT2D eigenvalue weighted by Gasteiger charge is -2.28. The Bertz CT molecular complexity index is 136. The normalized spacial score (nSPS) is 11.0. The molecule has 0 atom stereocenters. The molecule has 0 saturated carbocycles. The summed E-state index contributed by atoms with van der Waals surface area (Å²) >= 11 is 0. The molecule has 0 aromatic carbocycles. The molecule has 0 heterocycles. The highest BCUT2D eigenvalue weighted by atomic mass is 16.9. The molecule has 0 rings (SSSR count). The van der Waals surface area contributed by atoms with Crippen LogP contribution in [-0.4, -0.2) is 27.3 Å². The minimum absolute atomic E-state index is 0.796. The second-order valence-corrected chi connectivity index (χ2v) is 4.17. The van der Waals surface area contributed by atoms with Crippen LogP contribution in [0.2, 0.25) is 0 Å². The molecule has 0 aliphatic carbocycles. The zero-order valence-corrected chi connectivity index (χ0v) is 13.4. The Morgan fingerprint density at radius 1 is 0.667 bits per heavy atom. The third-order valence-corrected chi connectivity index (χ3v) is 3.02. The third kappa shape index (κ3) is 9.86. The van der Waals surface area contributed by atoms with Gasteiger partial charge in [-0.05, 0) is 6.42 Å². The predicted molar refractivity (Wildman–Crippen MR) is 77.7 cm³/mol. The number of ether oxygens (including phenoxy) is 3. The van der Waals surface area contributed by atoms with E-state index in [4.69, 9.17) is 14.2 Å². The van der Waals surface area contributed by atoms with Crippen molar-refractivity contribution in [2.75, 3.05) is 21.3 Å². The van der Waals surface area contributed by atoms with Gasteiger partial charge in [-0.25, -0.2) is 0 Å². The van der Waals surface area contributed by atoms with E-state index in [9.17, 15) is 0 Å². The zero-order valence-electron chi connectivity index (χ0n) is 13.4. The van der Waals surface area contributed by atoms with Gasteiger partial charge in [-0.1, -0.05) is 59.3 Å². The molecule has 0 aliphatic heterocycles. The first-order chi connectivity index (χ1) is 8.74. The van der Waals surface area contributed by atoms with Crippen molar-refractivity contribution in [3.8, 4) is 0 Å². The minimum atomic E-state index is -0.830. The molecular formula is C15H34O3. The summed E-state index contributed by atoms with van der Waals surface area (Å²) in [6.07, 6.45) is 9.77. The lowest BCUT2D eigenvalue weighted by atomic mass is 10.1. The van der Waals surface area contributed by atoms with Crippen molar-refractivity contribution in [2.24, 2.45) is 0 Å². The predicted octanol–water partition coefficient (Wildman–Crippen LogP) is 4.75. The van der Waals surface area contributed by atoms with E-state index in [0.29, 0.717) is 0 Å². The van der Waals surface area contributed by atoms with Gasteiger partial charge < -0.3 is 14.2 Å². The Labute approximate surface area is 114 Å². The van der Waals surface area contributed by atoms with Crippen molar-refractivity contribution in [1.29, 1.82) is 0 Å². The van der Waals surface area contributed by atoms with E-state index in [0.717, 1.165) is 12.8 Å². The second kappa shape index (κ2) is 14.9. The molecule has 0 amide bonds. The maximum absolute atomic E-state index is 5.24. The third-order valence-electron chi connectivity index (χ3n) is 3.02. The number of unbranched alkanes of at least 4 members (excludes halogenated alkanes) is 6. The van der Waals surface area contributed by atoms with Gasteiger partial charge >= 0.3 is 0 Å². The highest BCUT2D eigenvalue weighted by Gasteiger charge is 2.28. The molecular weight excluding hydrogens is 228 g/mol. The maximum atomic E-state index is 5.24. The summed E-state index contributed by atoms with van der Waals surface area (Å²) in [5.41, 5.74) is 0. The minimum Gasteiger partial charge on any atom is -0.331 e. The number of rotatable bonds is 11. The van der Waals surface area contributed by atoms with Crippen LogP contribution in [0.1, 0.15) is 72.1 Å². The molecule has 112 valence electrons. The van der Waals surface area contributed by atoms with E-state index in [2.05, 4.69) is 6.92 Å². The van der Waals surface area contributed by atoms with Gasteiger partial charge in [0.1, 0.15) is 0 Å². The van der Waals surface area contributed by atoms with Crippen molar-refractivity contribution in [1.82, 2.24) is 0 Å². The van der Waals surface area contributed by atoms with Crippen LogP contribution in [0.3, 0.4) is 0 Å². The summed E-state index contributed by atoms with van der Waals surface area (Å²) in [4.78, 5) is 0. The summed E-state index contributed by atoms with van der Waals surface area (Å²) in [7, 11) is 4.86. The lowest BCUT2D eigenvalue weighted by molar-refractivity contribution is -0.355. The molecule has 0 fully saturated rings. The van der Waals surface area contributed by atoms with Crippen LogP contribution in [0.4, 0.5) is 0 Å². The molecule has 0 aromatic rings. The van der Waals surface area contributed by atoms with Crippen molar-refractivity contribution >= 4 is 0 Å². The highest BCUT2D eigenvalue weighted by molar-refractivity contribution is 4.56. The summed E-state index contributed by atoms with van der Waals surface area (Å²) in [6, 6.07) is 0. The van der Waals surface area contributed by atoms with Gasteiger partial charge in [-0.3, -0.25) is 0 Å². The van der Waals surface area contributed by atoms with Gasteiger partial charge in [0.05, 0.1) is 0 Å². The van der Waals surface area contributed by atoms with Gasteiger partial charge in [0.25, 0.3) is 5.97 Å². The van der Waals surface area contributed by atoms with Crippen LogP contribution in [0.5, 0.6) is 0 Å². The molecule has 0 aliphatic rings. The molecule has 0 bridgehead atoms. The van der Waals surface area contributed by atoms with Crippen LogP contribution in [-0.2, 0) is 14.2 Å². The molecule has 0 unspecified atom stereocenters. The molecule has 3 nitrogen and oxygen atoms in total. The van der Waals surface area contributed by atoms with Crippen LogP contribution in [0, 0.1) is 0 Å². The first kappa shape index (κ1) is 20.2. The standard InChI is InChI=1S/C13H28O3.C2H6/c1-5-6-7-8-9-10-11-12-13(14-2,15-3)16-4;1-2/h5-12H2,1-4H3;1-2H3. The van der Waals surface area contributed by atoms with Crippen LogP contribution in [0.15, 0.2) is 0 Å². The highest BCUT2D eigenvalue weighted by Crippen LogP contribution is 2.21. The molecule has 0 aromatic heterocycles. The van der Waals surface area contributed by atoms with Crippen molar-refractivity contribution in [3.05, 3.63) is 0 Å². The van der Waals surface area contributed by atoms with E-state index >= 15 is 0 Å². The SMILES string of the molecule is CC.CCCCCCCCCC(OC)(OC)OC.